The molecule has 1 aliphatic heterocycles. The lowest BCUT2D eigenvalue weighted by Crippen LogP contribution is -2.37. The summed E-state index contributed by atoms with van der Waals surface area (Å²) < 4.78 is 15.6. The fraction of sp³-hybridized carbons (Fsp3) is 0.156. The van der Waals surface area contributed by atoms with Crippen LogP contribution in [0.15, 0.2) is 81.2 Å². The number of aryl methyl sites for hydroxylation is 1. The third-order valence-corrected chi connectivity index (χ3v) is 8.89. The van der Waals surface area contributed by atoms with Gasteiger partial charge in [-0.05, 0) is 58.8 Å². The van der Waals surface area contributed by atoms with Crippen LogP contribution in [0.4, 0.5) is 4.79 Å². The number of hydrogen-bond donors (Lipinski definition) is 0. The highest BCUT2D eigenvalue weighted by atomic mass is 35.5. The zero-order valence-corrected chi connectivity index (χ0v) is 27.0. The number of hydrogen-bond acceptors (Lipinski definition) is 8. The van der Waals surface area contributed by atoms with Gasteiger partial charge in [-0.25, -0.2) is 4.79 Å². The predicted molar refractivity (Wildman–Crippen MR) is 177 cm³/mol. The van der Waals surface area contributed by atoms with Gasteiger partial charge in [0.15, 0.2) is 22.7 Å². The molecule has 0 unspecified atom stereocenters. The first-order chi connectivity index (χ1) is 22.0. The quantitative estimate of drug-likeness (QED) is 0.188. The van der Waals surface area contributed by atoms with Crippen molar-refractivity contribution in [2.24, 2.45) is 14.1 Å². The molecule has 0 spiro atoms. The summed E-state index contributed by atoms with van der Waals surface area (Å²) in [4.78, 5) is 57.7. The van der Waals surface area contributed by atoms with Gasteiger partial charge in [-0.3, -0.25) is 33.0 Å². The number of nitrogens with zero attached hydrogens (tertiary/aromatic N) is 5. The largest absolute Gasteiger partial charge is 0.493 e. The number of ether oxygens (including phenoxy) is 2. The Morgan fingerprint density at radius 2 is 1.65 bits per heavy atom. The van der Waals surface area contributed by atoms with Crippen LogP contribution >= 0.6 is 35.0 Å². The maximum atomic E-state index is 13.3. The number of amides is 2. The van der Waals surface area contributed by atoms with Gasteiger partial charge in [-0.15, -0.1) is 0 Å². The molecule has 6 rings (SSSR count). The maximum absolute atomic E-state index is 13.3. The minimum absolute atomic E-state index is 0.00685. The van der Waals surface area contributed by atoms with Gasteiger partial charge in [0.2, 0.25) is 0 Å². The van der Waals surface area contributed by atoms with E-state index in [1.807, 2.05) is 30.3 Å². The topological polar surface area (TPSA) is 118 Å². The van der Waals surface area contributed by atoms with Gasteiger partial charge in [0.05, 0.1) is 25.1 Å². The highest BCUT2D eigenvalue weighted by Crippen LogP contribution is 2.37. The number of methoxy groups -OCH3 is 1. The number of benzene rings is 3. The van der Waals surface area contributed by atoms with Crippen LogP contribution in [-0.4, -0.2) is 41.8 Å². The molecule has 0 aliphatic carbocycles. The SMILES string of the molecule is COc1cc(C=C2SC(=O)N(Cc3ccccc3)C2=O)ccc1Oc1nc2c(c(=O)n(C)c(=O)n2C)n1Cc1ccc(Cl)cc1Cl. The van der Waals surface area contributed by atoms with E-state index in [1.165, 1.54) is 35.2 Å². The number of thioether (sulfide) groups is 1. The first kappa shape index (κ1) is 31.2. The molecule has 0 bridgehead atoms. The van der Waals surface area contributed by atoms with Crippen molar-refractivity contribution >= 4 is 63.4 Å². The molecule has 2 amide bonds. The first-order valence-electron chi connectivity index (χ1n) is 13.8. The number of imide groups is 1. The summed E-state index contributed by atoms with van der Waals surface area (Å²) >= 11 is 13.4. The molecule has 234 valence electrons. The van der Waals surface area contributed by atoms with Crippen molar-refractivity contribution in [2.75, 3.05) is 7.11 Å². The Morgan fingerprint density at radius 1 is 0.891 bits per heavy atom. The number of aromatic nitrogens is 4. The zero-order chi connectivity index (χ0) is 32.7. The summed E-state index contributed by atoms with van der Waals surface area (Å²) in [5, 5.41) is 0.467. The van der Waals surface area contributed by atoms with Crippen molar-refractivity contribution in [3.05, 3.63) is 119 Å². The van der Waals surface area contributed by atoms with Crippen LogP contribution in [0, 0.1) is 0 Å². The Labute approximate surface area is 276 Å². The molecule has 1 aliphatic rings. The molecule has 3 heterocycles. The van der Waals surface area contributed by atoms with Gasteiger partial charge in [-0.2, -0.15) is 4.98 Å². The fourth-order valence-corrected chi connectivity index (χ4v) is 6.29. The van der Waals surface area contributed by atoms with E-state index in [0.717, 1.165) is 21.9 Å². The van der Waals surface area contributed by atoms with Crippen LogP contribution in [0.25, 0.3) is 17.2 Å². The predicted octanol–water partition coefficient (Wildman–Crippen LogP) is 5.83. The van der Waals surface area contributed by atoms with Crippen molar-refractivity contribution < 1.29 is 19.1 Å². The average molecular weight is 679 g/mol. The molecule has 1 fully saturated rings. The smallest absolute Gasteiger partial charge is 0.332 e. The highest BCUT2D eigenvalue weighted by molar-refractivity contribution is 8.18. The summed E-state index contributed by atoms with van der Waals surface area (Å²) in [5.74, 6) is 0.152. The highest BCUT2D eigenvalue weighted by Gasteiger charge is 2.35. The Balaban J connectivity index is 1.36. The Bertz CT molecular complexity index is 2190. The Morgan fingerprint density at radius 3 is 2.37 bits per heavy atom. The van der Waals surface area contributed by atoms with Crippen molar-refractivity contribution in [1.29, 1.82) is 0 Å². The van der Waals surface area contributed by atoms with E-state index in [-0.39, 0.29) is 52.1 Å². The second kappa shape index (κ2) is 12.5. The molecule has 0 saturated carbocycles. The molecule has 0 radical (unpaired) electrons. The summed E-state index contributed by atoms with van der Waals surface area (Å²) in [6.45, 7) is 0.254. The van der Waals surface area contributed by atoms with Crippen LogP contribution in [0.3, 0.4) is 0 Å². The number of halogens is 2. The normalized spacial score (nSPS) is 14.1. The zero-order valence-electron chi connectivity index (χ0n) is 24.7. The molecule has 3 aromatic carbocycles. The van der Waals surface area contributed by atoms with Gasteiger partial charge in [0.1, 0.15) is 0 Å². The third kappa shape index (κ3) is 5.82. The van der Waals surface area contributed by atoms with E-state index < -0.39 is 11.2 Å². The number of fused-ring (bicyclic) bond motifs is 1. The lowest BCUT2D eigenvalue weighted by Gasteiger charge is -2.14. The minimum Gasteiger partial charge on any atom is -0.493 e. The lowest BCUT2D eigenvalue weighted by molar-refractivity contribution is -0.123. The Kier molecular flexibility index (Phi) is 8.51. The second-order valence-electron chi connectivity index (χ2n) is 10.4. The Hall–Kier alpha value is -4.78. The number of rotatable bonds is 8. The van der Waals surface area contributed by atoms with Gasteiger partial charge >= 0.3 is 11.7 Å². The fourth-order valence-electron chi connectivity index (χ4n) is 4.98. The molecule has 11 nitrogen and oxygen atoms in total. The van der Waals surface area contributed by atoms with Gasteiger partial charge in [0, 0.05) is 24.1 Å². The van der Waals surface area contributed by atoms with E-state index in [1.54, 1.807) is 42.5 Å². The van der Waals surface area contributed by atoms with Gasteiger partial charge < -0.3 is 9.47 Å². The van der Waals surface area contributed by atoms with Gasteiger partial charge in [0.25, 0.3) is 16.7 Å². The first-order valence-corrected chi connectivity index (χ1v) is 15.4. The monoisotopic (exact) mass is 677 g/mol. The molecule has 0 N–H and O–H groups in total. The van der Waals surface area contributed by atoms with E-state index in [9.17, 15) is 19.2 Å². The van der Waals surface area contributed by atoms with Crippen LogP contribution in [-0.2, 0) is 32.0 Å². The molecule has 0 atom stereocenters. The number of imidazole rings is 1. The van der Waals surface area contributed by atoms with Crippen molar-refractivity contribution in [3.8, 4) is 17.5 Å². The van der Waals surface area contributed by atoms with Crippen molar-refractivity contribution in [3.63, 3.8) is 0 Å². The van der Waals surface area contributed by atoms with Crippen LogP contribution in [0.1, 0.15) is 16.7 Å². The average Bonchev–Trinajstić information content (AvgIpc) is 3.53. The van der Waals surface area contributed by atoms with E-state index >= 15 is 0 Å². The van der Waals surface area contributed by atoms with Crippen LogP contribution in [0.2, 0.25) is 10.0 Å². The third-order valence-electron chi connectivity index (χ3n) is 7.40. The second-order valence-corrected chi connectivity index (χ2v) is 12.2. The molecule has 2 aromatic heterocycles. The van der Waals surface area contributed by atoms with E-state index in [0.29, 0.717) is 26.9 Å². The molecular formula is C32H25Cl2N5O6S. The van der Waals surface area contributed by atoms with Gasteiger partial charge in [-0.1, -0.05) is 65.7 Å². The van der Waals surface area contributed by atoms with Crippen molar-refractivity contribution in [2.45, 2.75) is 13.1 Å². The molecule has 1 saturated heterocycles. The molecule has 46 heavy (non-hydrogen) atoms. The summed E-state index contributed by atoms with van der Waals surface area (Å²) in [6.07, 6.45) is 1.61. The minimum atomic E-state index is -0.561. The van der Waals surface area contributed by atoms with Crippen LogP contribution < -0.4 is 20.7 Å². The van der Waals surface area contributed by atoms with E-state index in [4.69, 9.17) is 32.7 Å². The summed E-state index contributed by atoms with van der Waals surface area (Å²) in [6, 6.07) is 19.2. The molecule has 14 heteroatoms. The molecule has 5 aromatic rings. The maximum Gasteiger partial charge on any atom is 0.332 e. The summed E-state index contributed by atoms with van der Waals surface area (Å²) in [5.41, 5.74) is 1.21. The molecular weight excluding hydrogens is 653 g/mol. The standard InChI is InChI=1S/C32H25Cl2N5O6S/c1-36-27-26(29(41)37(2)31(36)42)38(17-20-10-11-21(33)15-22(20)34)30(35-27)45-23-12-9-19(13-24(23)44-3)14-25-28(40)39(32(43)46-25)16-18-7-5-4-6-8-18/h4-15H,16-17H2,1-3H3. The number of carbonyl (C=O) groups excluding carboxylic acids is 2. The lowest BCUT2D eigenvalue weighted by atomic mass is 10.1. The van der Waals surface area contributed by atoms with Crippen molar-refractivity contribution in [1.82, 2.24) is 23.6 Å². The number of carbonyl (C=O) groups is 2. The summed E-state index contributed by atoms with van der Waals surface area (Å²) in [7, 11) is 4.35. The van der Waals surface area contributed by atoms with Crippen LogP contribution in [0.5, 0.6) is 17.5 Å². The van der Waals surface area contributed by atoms with E-state index in [2.05, 4.69) is 4.98 Å².